The Balaban J connectivity index is 1.29. The topological polar surface area (TPSA) is 85.7 Å². The summed E-state index contributed by atoms with van der Waals surface area (Å²) in [4.78, 5) is 26.7. The minimum absolute atomic E-state index is 0.0514. The Bertz CT molecular complexity index is 923. The SMILES string of the molecule is Cc1cc(C)n(CCCNC(=O)C2CC(=O)N(c3ccc4c(c3)OCCO4)C2)n1. The third-order valence-corrected chi connectivity index (χ3v) is 5.28. The summed E-state index contributed by atoms with van der Waals surface area (Å²) >= 11 is 0. The standard InChI is InChI=1S/C21H26N4O4/c1-14-10-15(2)25(23-14)7-3-6-22-21(27)16-11-20(26)24(13-16)17-4-5-18-19(12-17)29-9-8-28-18/h4-5,10,12,16H,3,6-9,11,13H2,1-2H3,(H,22,27). The molecule has 1 unspecified atom stereocenters. The summed E-state index contributed by atoms with van der Waals surface area (Å²) < 4.78 is 13.1. The highest BCUT2D eigenvalue weighted by atomic mass is 16.6. The van der Waals surface area contributed by atoms with Crippen LogP contribution in [0.1, 0.15) is 24.2 Å². The Morgan fingerprint density at radius 2 is 2.00 bits per heavy atom. The van der Waals surface area contributed by atoms with E-state index in [2.05, 4.69) is 10.4 Å². The Morgan fingerprint density at radius 3 is 2.76 bits per heavy atom. The van der Waals surface area contributed by atoms with Crippen molar-refractivity contribution in [1.82, 2.24) is 15.1 Å². The first-order valence-electron chi connectivity index (χ1n) is 10.00. The molecule has 0 saturated carbocycles. The maximum absolute atomic E-state index is 12.5. The first-order valence-corrected chi connectivity index (χ1v) is 10.00. The number of nitrogens with zero attached hydrogens (tertiary/aromatic N) is 3. The monoisotopic (exact) mass is 398 g/mol. The normalized spacial score (nSPS) is 18.2. The van der Waals surface area contributed by atoms with Crippen LogP contribution >= 0.6 is 0 Å². The second kappa shape index (κ2) is 8.14. The number of hydrogen-bond acceptors (Lipinski definition) is 5. The van der Waals surface area contributed by atoms with Crippen LogP contribution in [-0.4, -0.2) is 47.9 Å². The molecule has 1 fully saturated rings. The molecule has 0 radical (unpaired) electrons. The lowest BCUT2D eigenvalue weighted by Crippen LogP contribution is -2.34. The molecule has 154 valence electrons. The Kier molecular flexibility index (Phi) is 5.42. The smallest absolute Gasteiger partial charge is 0.227 e. The summed E-state index contributed by atoms with van der Waals surface area (Å²) in [5, 5.41) is 7.38. The summed E-state index contributed by atoms with van der Waals surface area (Å²) in [5.74, 6) is 0.850. The van der Waals surface area contributed by atoms with E-state index in [0.717, 1.165) is 30.0 Å². The molecule has 1 aromatic heterocycles. The molecule has 4 rings (SSSR count). The minimum Gasteiger partial charge on any atom is -0.486 e. The van der Waals surface area contributed by atoms with Gasteiger partial charge in [-0.25, -0.2) is 0 Å². The first-order chi connectivity index (χ1) is 14.0. The highest BCUT2D eigenvalue weighted by Gasteiger charge is 2.35. The van der Waals surface area contributed by atoms with E-state index in [0.29, 0.717) is 37.8 Å². The molecule has 1 aromatic carbocycles. The lowest BCUT2D eigenvalue weighted by molar-refractivity contribution is -0.126. The lowest BCUT2D eigenvalue weighted by Gasteiger charge is -2.22. The molecule has 2 aromatic rings. The average Bonchev–Trinajstić information content (AvgIpc) is 3.26. The molecule has 2 aliphatic heterocycles. The zero-order chi connectivity index (χ0) is 20.4. The maximum Gasteiger partial charge on any atom is 0.227 e. The van der Waals surface area contributed by atoms with Gasteiger partial charge in [0, 0.05) is 43.5 Å². The number of carbonyl (C=O) groups excluding carboxylic acids is 2. The fraction of sp³-hybridized carbons (Fsp3) is 0.476. The van der Waals surface area contributed by atoms with Crippen molar-refractivity contribution in [3.05, 3.63) is 35.7 Å². The molecule has 0 spiro atoms. The van der Waals surface area contributed by atoms with Crippen molar-refractivity contribution in [3.8, 4) is 11.5 Å². The van der Waals surface area contributed by atoms with Crippen LogP contribution in [-0.2, 0) is 16.1 Å². The van der Waals surface area contributed by atoms with E-state index in [4.69, 9.17) is 9.47 Å². The number of carbonyl (C=O) groups is 2. The van der Waals surface area contributed by atoms with Crippen molar-refractivity contribution < 1.29 is 19.1 Å². The van der Waals surface area contributed by atoms with Crippen LogP contribution in [0.5, 0.6) is 11.5 Å². The number of benzene rings is 1. The molecule has 2 amide bonds. The molecule has 2 aliphatic rings. The zero-order valence-electron chi connectivity index (χ0n) is 16.8. The molecule has 1 saturated heterocycles. The predicted octanol–water partition coefficient (Wildman–Crippen LogP) is 1.83. The van der Waals surface area contributed by atoms with Crippen molar-refractivity contribution >= 4 is 17.5 Å². The Labute approximate surface area is 169 Å². The van der Waals surface area contributed by atoms with Gasteiger partial charge in [-0.2, -0.15) is 5.10 Å². The second-order valence-corrected chi connectivity index (χ2v) is 7.53. The predicted molar refractivity (Wildman–Crippen MR) is 107 cm³/mol. The van der Waals surface area contributed by atoms with E-state index in [1.807, 2.05) is 36.7 Å². The second-order valence-electron chi connectivity index (χ2n) is 7.53. The van der Waals surface area contributed by atoms with E-state index in [-0.39, 0.29) is 24.2 Å². The molecule has 8 heteroatoms. The number of aromatic nitrogens is 2. The third-order valence-electron chi connectivity index (χ3n) is 5.28. The van der Waals surface area contributed by atoms with Crippen molar-refractivity contribution in [1.29, 1.82) is 0 Å². The molecule has 0 bridgehead atoms. The molecular weight excluding hydrogens is 372 g/mol. The fourth-order valence-corrected chi connectivity index (χ4v) is 3.82. The Hall–Kier alpha value is -3.03. The van der Waals surface area contributed by atoms with E-state index < -0.39 is 0 Å². The quantitative estimate of drug-likeness (QED) is 0.751. The molecular formula is C21H26N4O4. The fourth-order valence-electron chi connectivity index (χ4n) is 3.82. The van der Waals surface area contributed by atoms with Gasteiger partial charge in [-0.15, -0.1) is 0 Å². The third kappa shape index (κ3) is 4.21. The molecule has 3 heterocycles. The van der Waals surface area contributed by atoms with E-state index >= 15 is 0 Å². The van der Waals surface area contributed by atoms with Gasteiger partial charge in [0.15, 0.2) is 11.5 Å². The highest BCUT2D eigenvalue weighted by molar-refractivity contribution is 6.00. The molecule has 1 N–H and O–H groups in total. The van der Waals surface area contributed by atoms with Crippen LogP contribution in [0.25, 0.3) is 0 Å². The number of ether oxygens (including phenoxy) is 2. The zero-order valence-corrected chi connectivity index (χ0v) is 16.8. The summed E-state index contributed by atoms with van der Waals surface area (Å²) in [6.07, 6.45) is 1.01. The van der Waals surface area contributed by atoms with Crippen molar-refractivity contribution in [3.63, 3.8) is 0 Å². The van der Waals surface area contributed by atoms with Gasteiger partial charge in [-0.1, -0.05) is 0 Å². The number of rotatable bonds is 6. The van der Waals surface area contributed by atoms with Gasteiger partial charge in [0.25, 0.3) is 0 Å². The van der Waals surface area contributed by atoms with E-state index in [9.17, 15) is 9.59 Å². The van der Waals surface area contributed by atoms with Crippen LogP contribution in [0.2, 0.25) is 0 Å². The number of amides is 2. The highest BCUT2D eigenvalue weighted by Crippen LogP contribution is 2.35. The van der Waals surface area contributed by atoms with Crippen LogP contribution < -0.4 is 19.7 Å². The van der Waals surface area contributed by atoms with Crippen molar-refractivity contribution in [2.45, 2.75) is 33.2 Å². The Morgan fingerprint density at radius 1 is 1.21 bits per heavy atom. The minimum atomic E-state index is -0.343. The number of anilines is 1. The number of nitrogens with one attached hydrogen (secondary N) is 1. The van der Waals surface area contributed by atoms with Gasteiger partial charge >= 0.3 is 0 Å². The first kappa shape index (κ1) is 19.3. The van der Waals surface area contributed by atoms with Gasteiger partial charge in [-0.05, 0) is 38.5 Å². The van der Waals surface area contributed by atoms with Crippen LogP contribution in [0, 0.1) is 19.8 Å². The van der Waals surface area contributed by atoms with Gasteiger partial charge in [-0.3, -0.25) is 14.3 Å². The molecule has 8 nitrogen and oxygen atoms in total. The van der Waals surface area contributed by atoms with Gasteiger partial charge < -0.3 is 19.7 Å². The molecule has 1 atom stereocenters. The number of fused-ring (bicyclic) bond motifs is 1. The van der Waals surface area contributed by atoms with E-state index in [1.54, 1.807) is 11.0 Å². The number of aryl methyl sites for hydroxylation is 3. The molecule has 29 heavy (non-hydrogen) atoms. The molecule has 0 aliphatic carbocycles. The number of hydrogen-bond donors (Lipinski definition) is 1. The average molecular weight is 398 g/mol. The lowest BCUT2D eigenvalue weighted by atomic mass is 10.1. The van der Waals surface area contributed by atoms with Gasteiger partial charge in [0.2, 0.25) is 11.8 Å². The van der Waals surface area contributed by atoms with Crippen molar-refractivity contribution in [2.24, 2.45) is 5.92 Å². The largest absolute Gasteiger partial charge is 0.486 e. The maximum atomic E-state index is 12.5. The summed E-state index contributed by atoms with van der Waals surface area (Å²) in [5.41, 5.74) is 2.85. The summed E-state index contributed by atoms with van der Waals surface area (Å²) in [7, 11) is 0. The van der Waals surface area contributed by atoms with Crippen molar-refractivity contribution in [2.75, 3.05) is 31.2 Å². The summed E-state index contributed by atoms with van der Waals surface area (Å²) in [6.45, 7) is 6.70. The van der Waals surface area contributed by atoms with Crippen LogP contribution in [0.4, 0.5) is 5.69 Å². The van der Waals surface area contributed by atoms with Crippen LogP contribution in [0.3, 0.4) is 0 Å². The van der Waals surface area contributed by atoms with Gasteiger partial charge in [0.05, 0.1) is 11.6 Å². The van der Waals surface area contributed by atoms with Crippen LogP contribution in [0.15, 0.2) is 24.3 Å². The van der Waals surface area contributed by atoms with E-state index in [1.165, 1.54) is 0 Å². The van der Waals surface area contributed by atoms with Gasteiger partial charge in [0.1, 0.15) is 13.2 Å². The summed E-state index contributed by atoms with van der Waals surface area (Å²) in [6, 6.07) is 7.49.